The Morgan fingerprint density at radius 3 is 2.04 bits per heavy atom. The second-order valence-corrected chi connectivity index (χ2v) is 5.21. The van der Waals surface area contributed by atoms with E-state index >= 15 is 0 Å². The number of ether oxygens (including phenoxy) is 1. The predicted octanol–water partition coefficient (Wildman–Crippen LogP) is 5.49. The van der Waals surface area contributed by atoms with Gasteiger partial charge < -0.3 is 9.84 Å². The number of carboxylic acid groups (broad SMARTS) is 1. The summed E-state index contributed by atoms with van der Waals surface area (Å²) in [5.74, 6) is -2.40. The van der Waals surface area contributed by atoms with Crippen molar-refractivity contribution < 1.29 is 19.4 Å². The van der Waals surface area contributed by atoms with Crippen molar-refractivity contribution in [2.75, 3.05) is 7.11 Å². The van der Waals surface area contributed by atoms with Gasteiger partial charge in [0, 0.05) is 0 Å². The van der Waals surface area contributed by atoms with Crippen LogP contribution in [0, 0.1) is 11.8 Å². The number of carbonyl (C=O) groups is 2. The van der Waals surface area contributed by atoms with Crippen molar-refractivity contribution in [3.8, 4) is 0 Å². The predicted molar refractivity (Wildman–Crippen MR) is 99.5 cm³/mol. The Morgan fingerprint density at radius 2 is 1.65 bits per heavy atom. The normalized spacial score (nSPS) is 13.6. The number of allylic oxidation sites excluding steroid dienone is 4. The first kappa shape index (κ1) is 29.4. The van der Waals surface area contributed by atoms with E-state index in [9.17, 15) is 14.7 Å². The molecule has 0 saturated carbocycles. The second-order valence-electron chi connectivity index (χ2n) is 5.21. The highest BCUT2D eigenvalue weighted by atomic mass is 16.5. The van der Waals surface area contributed by atoms with Gasteiger partial charge in [-0.05, 0) is 32.6 Å². The van der Waals surface area contributed by atoms with Crippen molar-refractivity contribution in [2.45, 2.75) is 69.2 Å². The number of methoxy groups -OCH3 is 1. The maximum absolute atomic E-state index is 11.3. The Bertz CT molecular complexity index is 394. The van der Waals surface area contributed by atoms with Gasteiger partial charge in [0.05, 0.1) is 19.4 Å². The van der Waals surface area contributed by atoms with Crippen molar-refractivity contribution in [3.63, 3.8) is 0 Å². The highest BCUT2D eigenvalue weighted by Crippen LogP contribution is 2.21. The Balaban J connectivity index is -0.000000602. The van der Waals surface area contributed by atoms with Crippen LogP contribution in [-0.4, -0.2) is 24.2 Å². The fourth-order valence-electron chi connectivity index (χ4n) is 1.87. The van der Waals surface area contributed by atoms with E-state index in [1.807, 2.05) is 19.9 Å². The Kier molecular flexibility index (Phi) is 19.6. The molecule has 23 heavy (non-hydrogen) atoms. The third-order valence-electron chi connectivity index (χ3n) is 3.44. The molecule has 0 aromatic carbocycles. The summed E-state index contributed by atoms with van der Waals surface area (Å²) in [4.78, 5) is 22.5. The molecule has 0 spiro atoms. The van der Waals surface area contributed by atoms with E-state index in [0.717, 1.165) is 18.4 Å². The molecule has 2 atom stereocenters. The second kappa shape index (κ2) is 15.3. The van der Waals surface area contributed by atoms with Crippen LogP contribution in [0.15, 0.2) is 23.3 Å². The van der Waals surface area contributed by atoms with Crippen LogP contribution in [0.4, 0.5) is 0 Å². The smallest absolute Gasteiger partial charge is 0.307 e. The number of esters is 1. The van der Waals surface area contributed by atoms with Crippen molar-refractivity contribution in [1.29, 1.82) is 0 Å². The van der Waals surface area contributed by atoms with Crippen molar-refractivity contribution in [2.24, 2.45) is 11.8 Å². The molecule has 2 unspecified atom stereocenters. The lowest BCUT2D eigenvalue weighted by Gasteiger charge is -2.16. The summed E-state index contributed by atoms with van der Waals surface area (Å²) in [6, 6.07) is 0. The Morgan fingerprint density at radius 1 is 1.13 bits per heavy atom. The van der Waals surface area contributed by atoms with Gasteiger partial charge in [-0.3, -0.25) is 9.59 Å². The molecule has 0 aliphatic rings. The van der Waals surface area contributed by atoms with Gasteiger partial charge in [-0.1, -0.05) is 59.4 Å². The molecule has 1 N–H and O–H groups in total. The van der Waals surface area contributed by atoms with Gasteiger partial charge in [-0.15, -0.1) is 0 Å². The topological polar surface area (TPSA) is 63.6 Å². The molecule has 4 heteroatoms. The first-order valence-electron chi connectivity index (χ1n) is 6.94. The number of hydrogen-bond donors (Lipinski definition) is 1. The highest BCUT2D eigenvalue weighted by Gasteiger charge is 2.26. The Labute approximate surface area is 143 Å². The zero-order chi connectivity index (χ0) is 15.7. The molecular weight excluding hydrogens is 292 g/mol. The highest BCUT2D eigenvalue weighted by molar-refractivity contribution is 5.79. The minimum absolute atomic E-state index is 0. The molecule has 0 aliphatic heterocycles. The van der Waals surface area contributed by atoms with E-state index in [2.05, 4.69) is 24.7 Å². The van der Waals surface area contributed by atoms with Gasteiger partial charge in [0.15, 0.2) is 0 Å². The van der Waals surface area contributed by atoms with E-state index in [0.29, 0.717) is 0 Å². The summed E-state index contributed by atoms with van der Waals surface area (Å²) in [7, 11) is 1.27. The summed E-state index contributed by atoms with van der Waals surface area (Å²) in [5, 5.41) is 9.21. The summed E-state index contributed by atoms with van der Waals surface area (Å²) >= 11 is 0. The lowest BCUT2D eigenvalue weighted by molar-refractivity contribution is -0.151. The van der Waals surface area contributed by atoms with Crippen LogP contribution in [0.5, 0.6) is 0 Å². The van der Waals surface area contributed by atoms with Crippen LogP contribution in [0.25, 0.3) is 0 Å². The third kappa shape index (κ3) is 12.6. The molecule has 0 heterocycles. The minimum Gasteiger partial charge on any atom is -0.481 e. The average Bonchev–Trinajstić information content (AvgIpc) is 2.40. The van der Waals surface area contributed by atoms with Gasteiger partial charge in [0.2, 0.25) is 0 Å². The molecule has 4 nitrogen and oxygen atoms in total. The van der Waals surface area contributed by atoms with Crippen molar-refractivity contribution in [1.82, 2.24) is 0 Å². The van der Waals surface area contributed by atoms with Crippen LogP contribution in [-0.2, 0) is 14.3 Å². The number of rotatable bonds is 8. The number of carbonyl (C=O) groups excluding carboxylic acids is 1. The molecule has 0 aliphatic carbocycles. The number of hydrogen-bond acceptors (Lipinski definition) is 3. The van der Waals surface area contributed by atoms with Crippen LogP contribution in [0.3, 0.4) is 0 Å². The molecule has 0 radical (unpaired) electrons. The van der Waals surface area contributed by atoms with Crippen LogP contribution < -0.4 is 0 Å². The van der Waals surface area contributed by atoms with Gasteiger partial charge in [-0.2, -0.15) is 0 Å². The van der Waals surface area contributed by atoms with E-state index < -0.39 is 17.9 Å². The lowest BCUT2D eigenvalue weighted by atomic mass is 9.89. The van der Waals surface area contributed by atoms with Crippen molar-refractivity contribution in [3.05, 3.63) is 23.3 Å². The molecule has 0 saturated heterocycles. The molecule has 0 bridgehead atoms. The largest absolute Gasteiger partial charge is 0.481 e. The lowest BCUT2D eigenvalue weighted by Crippen LogP contribution is -2.24. The average molecular weight is 331 g/mol. The maximum atomic E-state index is 11.3. The standard InChI is InChI=1S/C16H26O4.3CH4/c1-6-11(2)7-8-12(3)9-13(4)14(16(18)19)10-15(17)20-5;;;/h7,9,13-14H,6,8,10H2,1-5H3,(H,18,19);3*1H4/b11-7-,12-9?;;;. The summed E-state index contributed by atoms with van der Waals surface area (Å²) in [6.45, 7) is 7.98. The van der Waals surface area contributed by atoms with E-state index in [-0.39, 0.29) is 34.6 Å². The van der Waals surface area contributed by atoms with Gasteiger partial charge in [-0.25, -0.2) is 0 Å². The zero-order valence-corrected chi connectivity index (χ0v) is 13.1. The molecule has 0 fully saturated rings. The van der Waals surface area contributed by atoms with E-state index in [4.69, 9.17) is 0 Å². The van der Waals surface area contributed by atoms with Crippen LogP contribution >= 0.6 is 0 Å². The van der Waals surface area contributed by atoms with E-state index in [1.54, 1.807) is 0 Å². The molecule has 0 aromatic rings. The zero-order valence-electron chi connectivity index (χ0n) is 13.1. The quantitative estimate of drug-likeness (QED) is 0.472. The van der Waals surface area contributed by atoms with Gasteiger partial charge in [0.1, 0.15) is 0 Å². The van der Waals surface area contributed by atoms with Crippen molar-refractivity contribution >= 4 is 11.9 Å². The summed E-state index contributed by atoms with van der Waals surface area (Å²) < 4.78 is 4.55. The number of carboxylic acids is 1. The van der Waals surface area contributed by atoms with Gasteiger partial charge >= 0.3 is 11.9 Å². The molecule has 0 amide bonds. The SMILES string of the molecule is C.C.C.CC/C(C)=C\CC(C)=CC(C)C(CC(=O)OC)C(=O)O. The minimum atomic E-state index is -0.966. The first-order valence-corrected chi connectivity index (χ1v) is 6.94. The molecule has 0 aromatic heterocycles. The maximum Gasteiger partial charge on any atom is 0.307 e. The molecule has 0 rings (SSSR count). The molecule has 138 valence electrons. The van der Waals surface area contributed by atoms with E-state index in [1.165, 1.54) is 12.7 Å². The van der Waals surface area contributed by atoms with Gasteiger partial charge in [0.25, 0.3) is 0 Å². The summed E-state index contributed by atoms with van der Waals surface area (Å²) in [6.07, 6.45) is 5.81. The summed E-state index contributed by atoms with van der Waals surface area (Å²) in [5.41, 5.74) is 2.43. The van der Waals surface area contributed by atoms with Crippen LogP contribution in [0.2, 0.25) is 0 Å². The first-order chi connectivity index (χ1) is 9.31. The fraction of sp³-hybridized carbons (Fsp3) is 0.684. The Hall–Kier alpha value is -1.58. The molecular formula is C19H38O4. The third-order valence-corrected chi connectivity index (χ3v) is 3.44. The fourth-order valence-corrected chi connectivity index (χ4v) is 1.87. The van der Waals surface area contributed by atoms with Crippen LogP contribution in [0.1, 0.15) is 69.2 Å². The monoisotopic (exact) mass is 330 g/mol. The number of aliphatic carboxylic acids is 1.